The van der Waals surface area contributed by atoms with Gasteiger partial charge >= 0.3 is 0 Å². The van der Waals surface area contributed by atoms with E-state index in [1.807, 2.05) is 26.0 Å². The molecule has 0 radical (unpaired) electrons. The minimum absolute atomic E-state index is 0.126. The standard InChI is InChI=1S/C18H25Cl2NO.C2H6/c19-15-7-6-14(12-16(15)20)18(8-2-3-9-18)17(22)13-21-10-4-1-5-11-21;1-2/h6-7,12,17,22H,1-5,8-11,13H2;1-2H3/p+1. The summed E-state index contributed by atoms with van der Waals surface area (Å²) in [5, 5.41) is 12.3. The average molecular weight is 373 g/mol. The predicted molar refractivity (Wildman–Crippen MR) is 103 cm³/mol. The number of nitrogens with one attached hydrogen (secondary N) is 1. The van der Waals surface area contributed by atoms with Crippen molar-refractivity contribution in [3.8, 4) is 0 Å². The highest BCUT2D eigenvalue weighted by atomic mass is 35.5. The summed E-state index contributed by atoms with van der Waals surface area (Å²) in [6.45, 7) is 7.27. The predicted octanol–water partition coefficient (Wildman–Crippen LogP) is 4.26. The van der Waals surface area contributed by atoms with Crippen molar-refractivity contribution >= 4 is 23.2 Å². The van der Waals surface area contributed by atoms with Gasteiger partial charge in [-0.05, 0) is 49.8 Å². The minimum atomic E-state index is -0.291. The largest absolute Gasteiger partial charge is 0.386 e. The van der Waals surface area contributed by atoms with E-state index in [-0.39, 0.29) is 11.5 Å². The highest BCUT2D eigenvalue weighted by Crippen LogP contribution is 2.45. The van der Waals surface area contributed by atoms with Crippen LogP contribution in [-0.2, 0) is 5.41 Å². The van der Waals surface area contributed by atoms with Crippen molar-refractivity contribution in [2.45, 2.75) is 70.3 Å². The third-order valence-corrected chi connectivity index (χ3v) is 6.41. The average Bonchev–Trinajstić information content (AvgIpc) is 3.11. The summed E-state index contributed by atoms with van der Waals surface area (Å²) in [6, 6.07) is 5.91. The fourth-order valence-electron chi connectivity index (χ4n) is 4.35. The quantitative estimate of drug-likeness (QED) is 0.810. The Morgan fingerprint density at radius 1 is 1.00 bits per heavy atom. The van der Waals surface area contributed by atoms with Gasteiger partial charge in [-0.2, -0.15) is 0 Å². The number of likely N-dealkylation sites (tertiary alicyclic amines) is 1. The highest BCUT2D eigenvalue weighted by molar-refractivity contribution is 6.42. The van der Waals surface area contributed by atoms with Gasteiger partial charge in [0.25, 0.3) is 0 Å². The molecule has 2 N–H and O–H groups in total. The fraction of sp³-hybridized carbons (Fsp3) is 0.700. The summed E-state index contributed by atoms with van der Waals surface area (Å²) in [6.07, 6.45) is 8.12. The Labute approximate surface area is 157 Å². The van der Waals surface area contributed by atoms with Crippen LogP contribution in [0.25, 0.3) is 0 Å². The Morgan fingerprint density at radius 3 is 2.21 bits per heavy atom. The molecular formula is C20H32Cl2NO+. The van der Waals surface area contributed by atoms with Crippen LogP contribution in [0, 0.1) is 0 Å². The van der Waals surface area contributed by atoms with E-state index in [1.54, 1.807) is 4.90 Å². The molecular weight excluding hydrogens is 341 g/mol. The second-order valence-electron chi connectivity index (χ2n) is 7.02. The van der Waals surface area contributed by atoms with Gasteiger partial charge in [-0.15, -0.1) is 0 Å². The maximum absolute atomic E-state index is 11.1. The lowest BCUT2D eigenvalue weighted by molar-refractivity contribution is -0.908. The third kappa shape index (κ3) is 4.46. The van der Waals surface area contributed by atoms with Crippen LogP contribution in [0.1, 0.15) is 64.4 Å². The first-order valence-corrected chi connectivity index (χ1v) is 10.3. The molecule has 1 aliphatic carbocycles. The van der Waals surface area contributed by atoms with Crippen molar-refractivity contribution in [1.29, 1.82) is 0 Å². The number of hydrogen-bond donors (Lipinski definition) is 2. The molecule has 2 fully saturated rings. The van der Waals surface area contributed by atoms with Crippen LogP contribution in [0.3, 0.4) is 0 Å². The van der Waals surface area contributed by atoms with Gasteiger partial charge in [-0.1, -0.05) is 56.0 Å². The van der Waals surface area contributed by atoms with Crippen molar-refractivity contribution in [3.63, 3.8) is 0 Å². The number of aliphatic hydroxyl groups is 1. The SMILES string of the molecule is CC.OC(C[NH+]1CCCCC1)C1(c2ccc(Cl)c(Cl)c2)CCCC1. The topological polar surface area (TPSA) is 24.7 Å². The van der Waals surface area contributed by atoms with Crippen LogP contribution >= 0.6 is 23.2 Å². The number of hydrogen-bond acceptors (Lipinski definition) is 1. The molecule has 1 aliphatic heterocycles. The van der Waals surface area contributed by atoms with E-state index in [9.17, 15) is 5.11 Å². The van der Waals surface area contributed by atoms with Crippen molar-refractivity contribution in [2.24, 2.45) is 0 Å². The number of benzene rings is 1. The van der Waals surface area contributed by atoms with Gasteiger partial charge in [0, 0.05) is 5.41 Å². The molecule has 1 heterocycles. The Balaban J connectivity index is 0.00000100. The van der Waals surface area contributed by atoms with Crippen molar-refractivity contribution in [2.75, 3.05) is 19.6 Å². The molecule has 2 aliphatic rings. The normalized spacial score (nSPS) is 21.9. The molecule has 24 heavy (non-hydrogen) atoms. The van der Waals surface area contributed by atoms with Crippen molar-refractivity contribution in [1.82, 2.24) is 0 Å². The molecule has 0 aromatic heterocycles. The monoisotopic (exact) mass is 372 g/mol. The molecule has 0 amide bonds. The van der Waals surface area contributed by atoms with Crippen LogP contribution in [-0.4, -0.2) is 30.8 Å². The van der Waals surface area contributed by atoms with E-state index in [1.165, 1.54) is 50.8 Å². The van der Waals surface area contributed by atoms with Gasteiger partial charge < -0.3 is 10.0 Å². The molecule has 136 valence electrons. The smallest absolute Gasteiger partial charge is 0.112 e. The molecule has 2 nitrogen and oxygen atoms in total. The number of piperidine rings is 1. The number of rotatable bonds is 4. The lowest BCUT2D eigenvalue weighted by atomic mass is 9.74. The highest BCUT2D eigenvalue weighted by Gasteiger charge is 2.44. The molecule has 0 spiro atoms. The van der Waals surface area contributed by atoms with Gasteiger partial charge in [-0.25, -0.2) is 0 Å². The zero-order valence-corrected chi connectivity index (χ0v) is 16.6. The van der Waals surface area contributed by atoms with Crippen LogP contribution in [0.2, 0.25) is 10.0 Å². The summed E-state index contributed by atoms with van der Waals surface area (Å²) in [5.74, 6) is 0. The number of quaternary nitrogens is 1. The summed E-state index contributed by atoms with van der Waals surface area (Å²) in [7, 11) is 0. The Kier molecular flexibility index (Phi) is 7.87. The van der Waals surface area contributed by atoms with Gasteiger partial charge in [0.05, 0.1) is 23.1 Å². The molecule has 1 aromatic rings. The lowest BCUT2D eigenvalue weighted by Gasteiger charge is -2.37. The fourth-order valence-corrected chi connectivity index (χ4v) is 4.65. The van der Waals surface area contributed by atoms with E-state index in [0.717, 1.165) is 19.4 Å². The molecule has 3 rings (SSSR count). The number of halogens is 2. The number of aliphatic hydroxyl groups excluding tert-OH is 1. The minimum Gasteiger partial charge on any atom is -0.386 e. The summed E-state index contributed by atoms with van der Waals surface area (Å²) in [5.41, 5.74) is 1.04. The van der Waals surface area contributed by atoms with E-state index >= 15 is 0 Å². The summed E-state index contributed by atoms with van der Waals surface area (Å²) < 4.78 is 0. The molecule has 1 atom stereocenters. The van der Waals surface area contributed by atoms with Gasteiger partial charge in [0.15, 0.2) is 0 Å². The van der Waals surface area contributed by atoms with E-state index in [2.05, 4.69) is 6.07 Å². The summed E-state index contributed by atoms with van der Waals surface area (Å²) >= 11 is 12.3. The Morgan fingerprint density at radius 2 is 1.62 bits per heavy atom. The van der Waals surface area contributed by atoms with Gasteiger partial charge in [-0.3, -0.25) is 0 Å². The van der Waals surface area contributed by atoms with Crippen LogP contribution < -0.4 is 4.90 Å². The van der Waals surface area contributed by atoms with E-state index < -0.39 is 0 Å². The van der Waals surface area contributed by atoms with Crippen molar-refractivity contribution in [3.05, 3.63) is 33.8 Å². The van der Waals surface area contributed by atoms with Gasteiger partial charge in [0.2, 0.25) is 0 Å². The molecule has 0 bridgehead atoms. The van der Waals surface area contributed by atoms with Crippen LogP contribution in [0.15, 0.2) is 18.2 Å². The molecule has 4 heteroatoms. The first-order valence-electron chi connectivity index (χ1n) is 9.59. The van der Waals surface area contributed by atoms with E-state index in [0.29, 0.717) is 10.0 Å². The van der Waals surface area contributed by atoms with Crippen LogP contribution in [0.5, 0.6) is 0 Å². The Hall–Kier alpha value is -0.280. The summed E-state index contributed by atoms with van der Waals surface area (Å²) in [4.78, 5) is 1.56. The maximum atomic E-state index is 11.1. The first-order chi connectivity index (χ1) is 11.6. The Bertz CT molecular complexity index is 508. The second-order valence-corrected chi connectivity index (χ2v) is 7.84. The zero-order valence-electron chi connectivity index (χ0n) is 15.1. The molecule has 1 unspecified atom stereocenters. The molecule has 1 saturated heterocycles. The van der Waals surface area contributed by atoms with Crippen molar-refractivity contribution < 1.29 is 10.0 Å². The van der Waals surface area contributed by atoms with Crippen LogP contribution in [0.4, 0.5) is 0 Å². The third-order valence-electron chi connectivity index (χ3n) is 5.67. The second kappa shape index (κ2) is 9.43. The maximum Gasteiger partial charge on any atom is 0.112 e. The zero-order chi connectivity index (χ0) is 17.6. The van der Waals surface area contributed by atoms with Gasteiger partial charge in [0.1, 0.15) is 12.6 Å². The first kappa shape index (κ1) is 20.0. The molecule has 1 saturated carbocycles. The molecule has 1 aromatic carbocycles. The van der Waals surface area contributed by atoms with E-state index in [4.69, 9.17) is 23.2 Å². The lowest BCUT2D eigenvalue weighted by Crippen LogP contribution is -3.14.